The lowest BCUT2D eigenvalue weighted by Gasteiger charge is -2.21. The van der Waals surface area contributed by atoms with Crippen LogP contribution < -0.4 is 4.74 Å². The van der Waals surface area contributed by atoms with E-state index in [-0.39, 0.29) is 17.6 Å². The number of hydrogen-bond acceptors (Lipinski definition) is 2. The van der Waals surface area contributed by atoms with Gasteiger partial charge in [-0.1, -0.05) is 18.2 Å². The zero-order valence-electron chi connectivity index (χ0n) is 12.8. The number of aromatic nitrogens is 2. The molecule has 7 heteroatoms. The molecule has 2 aromatic carbocycles. The van der Waals surface area contributed by atoms with Gasteiger partial charge in [-0.2, -0.15) is 8.78 Å². The van der Waals surface area contributed by atoms with Gasteiger partial charge in [0.15, 0.2) is 0 Å². The van der Waals surface area contributed by atoms with Crippen LogP contribution in [0.25, 0.3) is 11.0 Å². The van der Waals surface area contributed by atoms with Crippen molar-refractivity contribution in [1.29, 1.82) is 0 Å². The second-order valence-electron chi connectivity index (χ2n) is 6.46. The van der Waals surface area contributed by atoms with E-state index in [4.69, 9.17) is 4.74 Å². The van der Waals surface area contributed by atoms with Crippen LogP contribution in [0.1, 0.15) is 29.8 Å². The number of fused-ring (bicyclic) bond motifs is 5. The second kappa shape index (κ2) is 5.24. The summed E-state index contributed by atoms with van der Waals surface area (Å²) in [4.78, 5) is 4.60. The molecule has 0 N–H and O–H groups in total. The van der Waals surface area contributed by atoms with E-state index in [2.05, 4.69) is 20.9 Å². The molecule has 5 rings (SSSR count). The number of hydrogen-bond donors (Lipinski definition) is 0. The van der Waals surface area contributed by atoms with Gasteiger partial charge >= 0.3 is 6.61 Å². The van der Waals surface area contributed by atoms with E-state index in [0.717, 1.165) is 17.8 Å². The van der Waals surface area contributed by atoms with Gasteiger partial charge < -0.3 is 9.30 Å². The normalized spacial score (nSPS) is 23.8. The van der Waals surface area contributed by atoms with E-state index < -0.39 is 6.61 Å². The number of rotatable bonds is 3. The molecule has 2 aliphatic rings. The summed E-state index contributed by atoms with van der Waals surface area (Å²) < 4.78 is 46.6. The van der Waals surface area contributed by atoms with Crippen molar-refractivity contribution >= 4 is 27.0 Å². The van der Waals surface area contributed by atoms with E-state index in [1.807, 2.05) is 16.7 Å². The molecule has 2 heterocycles. The van der Waals surface area contributed by atoms with Gasteiger partial charge in [0.25, 0.3) is 0 Å². The third-order valence-corrected chi connectivity index (χ3v) is 5.68. The highest BCUT2D eigenvalue weighted by Gasteiger charge is 2.55. The van der Waals surface area contributed by atoms with Gasteiger partial charge in [-0.25, -0.2) is 9.37 Å². The first kappa shape index (κ1) is 15.3. The van der Waals surface area contributed by atoms with Crippen LogP contribution in [-0.4, -0.2) is 16.2 Å². The Bertz CT molecular complexity index is 1000. The molecule has 1 aromatic heterocycles. The molecular weight excluding hydrogens is 397 g/mol. The molecule has 1 aliphatic heterocycles. The number of halogens is 4. The van der Waals surface area contributed by atoms with Crippen LogP contribution in [0.4, 0.5) is 13.2 Å². The number of nitrogens with zero attached hydrogens (tertiary/aromatic N) is 2. The number of imidazole rings is 1. The molecule has 1 saturated carbocycles. The van der Waals surface area contributed by atoms with Gasteiger partial charge in [0.2, 0.25) is 0 Å². The van der Waals surface area contributed by atoms with Crippen LogP contribution in [-0.2, 0) is 0 Å². The highest BCUT2D eigenvalue weighted by atomic mass is 79.9. The molecule has 0 saturated heterocycles. The molecule has 128 valence electrons. The van der Waals surface area contributed by atoms with Gasteiger partial charge in [-0.15, -0.1) is 0 Å². The molecule has 1 unspecified atom stereocenters. The molecule has 1 aliphatic carbocycles. The highest BCUT2D eigenvalue weighted by molar-refractivity contribution is 9.10. The summed E-state index contributed by atoms with van der Waals surface area (Å²) >= 11 is 3.22. The van der Waals surface area contributed by atoms with E-state index in [1.54, 1.807) is 18.2 Å². The first-order chi connectivity index (χ1) is 12.0. The lowest BCUT2D eigenvalue weighted by atomic mass is 10.0. The third-order valence-electron chi connectivity index (χ3n) is 5.07. The van der Waals surface area contributed by atoms with Crippen molar-refractivity contribution in [2.75, 3.05) is 0 Å². The first-order valence-electron chi connectivity index (χ1n) is 7.95. The maximum Gasteiger partial charge on any atom is 0.387 e. The van der Waals surface area contributed by atoms with Crippen LogP contribution in [0.15, 0.2) is 40.9 Å². The number of benzene rings is 2. The van der Waals surface area contributed by atoms with Crippen LogP contribution in [0.2, 0.25) is 0 Å². The fourth-order valence-electron chi connectivity index (χ4n) is 4.01. The molecule has 0 bridgehead atoms. The van der Waals surface area contributed by atoms with Crippen molar-refractivity contribution in [3.05, 3.63) is 58.1 Å². The van der Waals surface area contributed by atoms with Gasteiger partial charge in [-0.05, 0) is 40.4 Å². The summed E-state index contributed by atoms with van der Waals surface area (Å²) in [6.07, 6.45) is 0.959. The summed E-state index contributed by atoms with van der Waals surface area (Å²) in [5.74, 6) is 1.32. The zero-order valence-corrected chi connectivity index (χ0v) is 14.4. The third kappa shape index (κ3) is 2.21. The predicted octanol–water partition coefficient (Wildman–Crippen LogP) is 5.25. The Morgan fingerprint density at radius 2 is 2.04 bits per heavy atom. The maximum absolute atomic E-state index is 13.8. The van der Waals surface area contributed by atoms with Crippen LogP contribution in [0, 0.1) is 11.7 Å². The highest BCUT2D eigenvalue weighted by Crippen LogP contribution is 2.62. The molecule has 3 nitrogen and oxygen atoms in total. The lowest BCUT2D eigenvalue weighted by Crippen LogP contribution is -2.13. The van der Waals surface area contributed by atoms with Gasteiger partial charge in [0.05, 0.1) is 21.5 Å². The van der Waals surface area contributed by atoms with E-state index in [0.29, 0.717) is 27.4 Å². The summed E-state index contributed by atoms with van der Waals surface area (Å²) in [5.41, 5.74) is 2.10. The standard InChI is InChI=1S/C18H12BrF3N2O/c19-11-6-14-13(7-12(11)20)23-17-10-5-9(10)16(24(14)17)8-3-1-2-4-15(8)25-18(21)22/h1-4,6-7,9-10,16,18H,5H2/t9-,10+,16?/m1/s1. The monoisotopic (exact) mass is 408 g/mol. The summed E-state index contributed by atoms with van der Waals surface area (Å²) in [7, 11) is 0. The van der Waals surface area contributed by atoms with Crippen molar-refractivity contribution in [2.24, 2.45) is 5.92 Å². The molecule has 25 heavy (non-hydrogen) atoms. The van der Waals surface area contributed by atoms with Crippen LogP contribution >= 0.6 is 15.9 Å². The smallest absolute Gasteiger partial charge is 0.387 e. The lowest BCUT2D eigenvalue weighted by molar-refractivity contribution is -0.0507. The fraction of sp³-hybridized carbons (Fsp3) is 0.278. The Hall–Kier alpha value is -2.02. The SMILES string of the molecule is Fc1cc2nc3n(c2cc1Br)C(c1ccccc1OC(F)F)[C@@H]1C[C@H]31. The summed E-state index contributed by atoms with van der Waals surface area (Å²) in [6.45, 7) is -2.88. The van der Waals surface area contributed by atoms with Crippen molar-refractivity contribution in [3.63, 3.8) is 0 Å². The maximum atomic E-state index is 13.8. The van der Waals surface area contributed by atoms with Gasteiger partial charge in [0, 0.05) is 17.5 Å². The number of para-hydroxylation sites is 1. The first-order valence-corrected chi connectivity index (χ1v) is 8.74. The quantitative estimate of drug-likeness (QED) is 0.591. The molecule has 3 aromatic rings. The number of ether oxygens (including phenoxy) is 1. The summed E-state index contributed by atoms with van der Waals surface area (Å²) in [6, 6.07) is 9.85. The largest absolute Gasteiger partial charge is 0.434 e. The Morgan fingerprint density at radius 1 is 1.24 bits per heavy atom. The summed E-state index contributed by atoms with van der Waals surface area (Å²) in [5, 5.41) is 0. The molecule has 0 radical (unpaired) electrons. The Balaban J connectivity index is 1.71. The van der Waals surface area contributed by atoms with Gasteiger partial charge in [0.1, 0.15) is 17.4 Å². The van der Waals surface area contributed by atoms with Crippen molar-refractivity contribution in [3.8, 4) is 5.75 Å². The average molecular weight is 409 g/mol. The minimum absolute atomic E-state index is 0.127. The van der Waals surface area contributed by atoms with E-state index in [9.17, 15) is 13.2 Å². The average Bonchev–Trinajstić information content (AvgIpc) is 3.18. The number of alkyl halides is 2. The molecule has 0 amide bonds. The van der Waals surface area contributed by atoms with Crippen LogP contribution in [0.3, 0.4) is 0 Å². The Labute approximate surface area is 149 Å². The van der Waals surface area contributed by atoms with E-state index >= 15 is 0 Å². The Morgan fingerprint density at radius 3 is 2.84 bits per heavy atom. The van der Waals surface area contributed by atoms with Crippen molar-refractivity contribution < 1.29 is 17.9 Å². The topological polar surface area (TPSA) is 27.1 Å². The van der Waals surface area contributed by atoms with Crippen LogP contribution in [0.5, 0.6) is 5.75 Å². The molecule has 3 atom stereocenters. The van der Waals surface area contributed by atoms with Gasteiger partial charge in [-0.3, -0.25) is 0 Å². The Kier molecular flexibility index (Phi) is 3.20. The molecular formula is C18H12BrF3N2O. The van der Waals surface area contributed by atoms with E-state index in [1.165, 1.54) is 6.07 Å². The zero-order chi connectivity index (χ0) is 17.3. The minimum Gasteiger partial charge on any atom is -0.434 e. The van der Waals surface area contributed by atoms with Crippen molar-refractivity contribution in [1.82, 2.24) is 9.55 Å². The second-order valence-corrected chi connectivity index (χ2v) is 7.32. The fourth-order valence-corrected chi connectivity index (χ4v) is 4.34. The van der Waals surface area contributed by atoms with Crippen molar-refractivity contribution in [2.45, 2.75) is 25.0 Å². The predicted molar refractivity (Wildman–Crippen MR) is 89.5 cm³/mol. The molecule has 1 fully saturated rings. The minimum atomic E-state index is -2.88. The molecule has 0 spiro atoms.